The molecule has 2 rings (SSSR count). The van der Waals surface area contributed by atoms with Gasteiger partial charge in [-0.25, -0.2) is 9.97 Å². The van der Waals surface area contributed by atoms with Crippen LogP contribution in [0.15, 0.2) is 6.07 Å². The summed E-state index contributed by atoms with van der Waals surface area (Å²) in [5.41, 5.74) is 0. The lowest BCUT2D eigenvalue weighted by Gasteiger charge is -2.07. The maximum absolute atomic E-state index is 11.5. The maximum Gasteiger partial charge on any atom is 0.221 e. The number of carbonyl (C=O) groups is 1. The van der Waals surface area contributed by atoms with E-state index < -0.39 is 0 Å². The van der Waals surface area contributed by atoms with E-state index in [9.17, 15) is 4.79 Å². The minimum atomic E-state index is 0.0841. The third kappa shape index (κ3) is 4.14. The standard InChI is InChI=1S/C12H17ClN4O/c1-2-10-16-9(13)7-11(17-10)14-6-5-12(18)15-8-3-4-8/h7-8H,2-6H2,1H3,(H,15,18)(H,14,16,17). The lowest BCUT2D eigenvalue weighted by molar-refractivity contribution is -0.120. The van der Waals surface area contributed by atoms with E-state index in [0.717, 1.165) is 19.3 Å². The van der Waals surface area contributed by atoms with Gasteiger partial charge in [-0.05, 0) is 12.8 Å². The topological polar surface area (TPSA) is 66.9 Å². The summed E-state index contributed by atoms with van der Waals surface area (Å²) in [6, 6.07) is 2.08. The van der Waals surface area contributed by atoms with E-state index in [2.05, 4.69) is 20.6 Å². The molecule has 1 heterocycles. The maximum atomic E-state index is 11.5. The van der Waals surface area contributed by atoms with Crippen LogP contribution in [0.1, 0.15) is 32.0 Å². The minimum Gasteiger partial charge on any atom is -0.369 e. The van der Waals surface area contributed by atoms with E-state index in [0.29, 0.717) is 35.8 Å². The van der Waals surface area contributed by atoms with E-state index in [1.165, 1.54) is 0 Å². The van der Waals surface area contributed by atoms with Crippen molar-refractivity contribution < 1.29 is 4.79 Å². The number of hydrogen-bond donors (Lipinski definition) is 2. The average molecular weight is 269 g/mol. The number of amides is 1. The zero-order valence-corrected chi connectivity index (χ0v) is 11.1. The lowest BCUT2D eigenvalue weighted by atomic mass is 10.3. The predicted octanol–water partition coefficient (Wildman–Crippen LogP) is 1.77. The molecule has 1 aliphatic rings. The molecule has 1 fully saturated rings. The first kappa shape index (κ1) is 13.1. The quantitative estimate of drug-likeness (QED) is 0.772. The Balaban J connectivity index is 1.78. The summed E-state index contributed by atoms with van der Waals surface area (Å²) in [7, 11) is 0. The van der Waals surface area contributed by atoms with Crippen molar-refractivity contribution in [2.45, 2.75) is 38.6 Å². The van der Waals surface area contributed by atoms with Gasteiger partial charge in [0.25, 0.3) is 0 Å². The molecule has 0 saturated heterocycles. The highest BCUT2D eigenvalue weighted by Gasteiger charge is 2.22. The van der Waals surface area contributed by atoms with Crippen molar-refractivity contribution in [3.05, 3.63) is 17.0 Å². The molecule has 0 aromatic carbocycles. The Morgan fingerprint density at radius 1 is 1.50 bits per heavy atom. The average Bonchev–Trinajstić information content (AvgIpc) is 3.12. The van der Waals surface area contributed by atoms with Gasteiger partial charge in [0.15, 0.2) is 0 Å². The Kier molecular flexibility index (Phi) is 4.36. The number of carbonyl (C=O) groups excluding carboxylic acids is 1. The van der Waals surface area contributed by atoms with Crippen molar-refractivity contribution in [2.24, 2.45) is 0 Å². The Morgan fingerprint density at radius 3 is 2.94 bits per heavy atom. The second kappa shape index (κ2) is 6.00. The summed E-state index contributed by atoms with van der Waals surface area (Å²) in [4.78, 5) is 19.8. The molecule has 1 saturated carbocycles. The monoisotopic (exact) mass is 268 g/mol. The number of halogens is 1. The number of nitrogens with one attached hydrogen (secondary N) is 2. The smallest absolute Gasteiger partial charge is 0.221 e. The summed E-state index contributed by atoms with van der Waals surface area (Å²) < 4.78 is 0. The molecule has 5 nitrogen and oxygen atoms in total. The van der Waals surface area contributed by atoms with Crippen LogP contribution in [0.5, 0.6) is 0 Å². The Bertz CT molecular complexity index is 434. The van der Waals surface area contributed by atoms with Crippen LogP contribution in [0, 0.1) is 0 Å². The zero-order valence-electron chi connectivity index (χ0n) is 10.4. The SMILES string of the molecule is CCc1nc(Cl)cc(NCCC(=O)NC2CC2)n1. The first-order valence-electron chi connectivity index (χ1n) is 6.24. The largest absolute Gasteiger partial charge is 0.369 e. The number of anilines is 1. The Labute approximate surface area is 111 Å². The van der Waals surface area contributed by atoms with Crippen LogP contribution in [0.25, 0.3) is 0 Å². The number of aryl methyl sites for hydroxylation is 1. The van der Waals surface area contributed by atoms with Gasteiger partial charge in [-0.3, -0.25) is 4.79 Å². The van der Waals surface area contributed by atoms with Crippen LogP contribution in [0.4, 0.5) is 5.82 Å². The molecule has 0 radical (unpaired) electrons. The fourth-order valence-corrected chi connectivity index (χ4v) is 1.75. The molecular formula is C12H17ClN4O. The molecule has 18 heavy (non-hydrogen) atoms. The number of aromatic nitrogens is 2. The van der Waals surface area contributed by atoms with E-state index >= 15 is 0 Å². The van der Waals surface area contributed by atoms with Gasteiger partial charge >= 0.3 is 0 Å². The number of rotatable bonds is 6. The van der Waals surface area contributed by atoms with Crippen molar-refractivity contribution in [3.63, 3.8) is 0 Å². The molecule has 0 unspecified atom stereocenters. The van der Waals surface area contributed by atoms with Crippen molar-refractivity contribution in [1.82, 2.24) is 15.3 Å². The second-order valence-electron chi connectivity index (χ2n) is 4.36. The molecule has 0 aliphatic heterocycles. The zero-order chi connectivity index (χ0) is 13.0. The van der Waals surface area contributed by atoms with Crippen molar-refractivity contribution in [2.75, 3.05) is 11.9 Å². The van der Waals surface area contributed by atoms with Crippen LogP contribution in [0.3, 0.4) is 0 Å². The summed E-state index contributed by atoms with van der Waals surface area (Å²) in [6.45, 7) is 2.52. The molecule has 1 amide bonds. The van der Waals surface area contributed by atoms with E-state index in [-0.39, 0.29) is 5.91 Å². The fourth-order valence-electron chi connectivity index (χ4n) is 1.54. The number of hydrogen-bond acceptors (Lipinski definition) is 4. The Hall–Kier alpha value is -1.36. The van der Waals surface area contributed by atoms with E-state index in [1.807, 2.05) is 6.92 Å². The first-order chi connectivity index (χ1) is 8.67. The van der Waals surface area contributed by atoms with Crippen LogP contribution < -0.4 is 10.6 Å². The lowest BCUT2D eigenvalue weighted by Crippen LogP contribution is -2.27. The van der Waals surface area contributed by atoms with Gasteiger partial charge < -0.3 is 10.6 Å². The van der Waals surface area contributed by atoms with Crippen LogP contribution in [-0.2, 0) is 11.2 Å². The Morgan fingerprint density at radius 2 is 2.28 bits per heavy atom. The van der Waals surface area contributed by atoms with Crippen molar-refractivity contribution >= 4 is 23.3 Å². The molecule has 0 atom stereocenters. The van der Waals surface area contributed by atoms with Crippen LogP contribution in [-0.4, -0.2) is 28.5 Å². The summed E-state index contributed by atoms with van der Waals surface area (Å²) in [5, 5.41) is 6.45. The fraction of sp³-hybridized carbons (Fsp3) is 0.583. The predicted molar refractivity (Wildman–Crippen MR) is 70.7 cm³/mol. The highest BCUT2D eigenvalue weighted by atomic mass is 35.5. The highest BCUT2D eigenvalue weighted by molar-refractivity contribution is 6.29. The second-order valence-corrected chi connectivity index (χ2v) is 4.75. The highest BCUT2D eigenvalue weighted by Crippen LogP contribution is 2.18. The summed E-state index contributed by atoms with van der Waals surface area (Å²) in [6.07, 6.45) is 3.40. The van der Waals surface area contributed by atoms with Crippen LogP contribution in [0.2, 0.25) is 5.15 Å². The number of nitrogens with zero attached hydrogens (tertiary/aromatic N) is 2. The normalized spacial score (nSPS) is 14.3. The van der Waals surface area contributed by atoms with E-state index in [4.69, 9.17) is 11.6 Å². The molecule has 1 aromatic rings. The summed E-state index contributed by atoms with van der Waals surface area (Å²) >= 11 is 5.88. The molecule has 98 valence electrons. The summed E-state index contributed by atoms with van der Waals surface area (Å²) in [5.74, 6) is 1.46. The molecule has 0 bridgehead atoms. The van der Waals surface area contributed by atoms with Gasteiger partial charge in [-0.15, -0.1) is 0 Å². The van der Waals surface area contributed by atoms with Gasteiger partial charge in [-0.2, -0.15) is 0 Å². The third-order valence-corrected chi connectivity index (χ3v) is 2.85. The van der Waals surface area contributed by atoms with Gasteiger partial charge in [0.1, 0.15) is 16.8 Å². The molecule has 0 spiro atoms. The molecule has 2 N–H and O–H groups in total. The first-order valence-corrected chi connectivity index (χ1v) is 6.62. The van der Waals surface area contributed by atoms with E-state index in [1.54, 1.807) is 6.07 Å². The van der Waals surface area contributed by atoms with Gasteiger partial charge in [-0.1, -0.05) is 18.5 Å². The van der Waals surface area contributed by atoms with Crippen molar-refractivity contribution in [1.29, 1.82) is 0 Å². The molecule has 6 heteroatoms. The van der Waals surface area contributed by atoms with Crippen molar-refractivity contribution in [3.8, 4) is 0 Å². The van der Waals surface area contributed by atoms with Gasteiger partial charge in [0, 0.05) is 31.5 Å². The molecular weight excluding hydrogens is 252 g/mol. The minimum absolute atomic E-state index is 0.0841. The van der Waals surface area contributed by atoms with Gasteiger partial charge in [0.05, 0.1) is 0 Å². The van der Waals surface area contributed by atoms with Crippen LogP contribution >= 0.6 is 11.6 Å². The van der Waals surface area contributed by atoms with Gasteiger partial charge in [0.2, 0.25) is 5.91 Å². The molecule has 1 aromatic heterocycles. The third-order valence-electron chi connectivity index (χ3n) is 2.66. The molecule has 1 aliphatic carbocycles.